The van der Waals surface area contributed by atoms with Crippen molar-refractivity contribution < 1.29 is 4.74 Å². The van der Waals surface area contributed by atoms with Gasteiger partial charge in [0, 0.05) is 29.4 Å². The van der Waals surface area contributed by atoms with Crippen molar-refractivity contribution in [2.75, 3.05) is 19.4 Å². The van der Waals surface area contributed by atoms with E-state index in [0.29, 0.717) is 12.1 Å². The molecule has 0 spiro atoms. The van der Waals surface area contributed by atoms with Crippen LogP contribution in [-0.4, -0.2) is 30.7 Å². The van der Waals surface area contributed by atoms with E-state index < -0.39 is 0 Å². The molecule has 0 bridgehead atoms. The molecule has 3 nitrogen and oxygen atoms in total. The summed E-state index contributed by atoms with van der Waals surface area (Å²) in [5.74, 6) is 0. The molecule has 17 heavy (non-hydrogen) atoms. The van der Waals surface area contributed by atoms with Gasteiger partial charge in [-0.3, -0.25) is 4.90 Å². The van der Waals surface area contributed by atoms with Crippen molar-refractivity contribution in [2.24, 2.45) is 0 Å². The number of nitrogen functional groups attached to an aromatic ring is 1. The molecule has 1 aliphatic rings. The number of hydrogen-bond donors (Lipinski definition) is 1. The largest absolute Gasteiger partial charge is 0.399 e. The van der Waals surface area contributed by atoms with Crippen LogP contribution in [0, 0.1) is 0 Å². The topological polar surface area (TPSA) is 38.5 Å². The van der Waals surface area contributed by atoms with Gasteiger partial charge in [-0.1, -0.05) is 15.9 Å². The fourth-order valence-corrected chi connectivity index (χ4v) is 3.03. The van der Waals surface area contributed by atoms with Gasteiger partial charge in [0.2, 0.25) is 0 Å². The zero-order valence-electron chi connectivity index (χ0n) is 10.3. The molecule has 1 aromatic rings. The highest BCUT2D eigenvalue weighted by Crippen LogP contribution is 2.22. The van der Waals surface area contributed by atoms with E-state index in [4.69, 9.17) is 10.5 Å². The Labute approximate surface area is 111 Å². The molecule has 1 aromatic carbocycles. The second kappa shape index (κ2) is 5.38. The highest BCUT2D eigenvalue weighted by atomic mass is 79.9. The summed E-state index contributed by atoms with van der Waals surface area (Å²) in [4.78, 5) is 2.35. The van der Waals surface area contributed by atoms with Gasteiger partial charge in [-0.25, -0.2) is 0 Å². The predicted molar refractivity (Wildman–Crippen MR) is 73.8 cm³/mol. The van der Waals surface area contributed by atoms with Crippen molar-refractivity contribution in [2.45, 2.75) is 32.0 Å². The Hall–Kier alpha value is -0.580. The minimum absolute atomic E-state index is 0.324. The molecule has 4 heteroatoms. The molecule has 1 aliphatic heterocycles. The second-order valence-corrected chi connectivity index (χ2v) is 5.66. The van der Waals surface area contributed by atoms with E-state index in [1.807, 2.05) is 12.1 Å². The third-order valence-electron chi connectivity index (χ3n) is 3.31. The van der Waals surface area contributed by atoms with Crippen LogP contribution < -0.4 is 5.73 Å². The number of hydrogen-bond acceptors (Lipinski definition) is 3. The van der Waals surface area contributed by atoms with Gasteiger partial charge in [0.25, 0.3) is 0 Å². The number of halogens is 1. The third kappa shape index (κ3) is 3.21. The number of nitrogens with zero attached hydrogens (tertiary/aromatic N) is 1. The first kappa shape index (κ1) is 12.9. The molecule has 1 saturated heterocycles. The van der Waals surface area contributed by atoms with Crippen LogP contribution in [0.1, 0.15) is 18.9 Å². The van der Waals surface area contributed by atoms with Crippen molar-refractivity contribution >= 4 is 21.6 Å². The van der Waals surface area contributed by atoms with Gasteiger partial charge >= 0.3 is 0 Å². The van der Waals surface area contributed by atoms with Gasteiger partial charge < -0.3 is 10.5 Å². The van der Waals surface area contributed by atoms with E-state index in [-0.39, 0.29) is 0 Å². The van der Waals surface area contributed by atoms with Gasteiger partial charge in [0.1, 0.15) is 0 Å². The average molecular weight is 299 g/mol. The molecule has 1 heterocycles. The van der Waals surface area contributed by atoms with E-state index in [1.54, 1.807) is 0 Å². The number of nitrogens with two attached hydrogens (primary N) is 1. The van der Waals surface area contributed by atoms with Crippen LogP contribution in [0.3, 0.4) is 0 Å². The Bertz CT molecular complexity index is 377. The van der Waals surface area contributed by atoms with E-state index >= 15 is 0 Å². The van der Waals surface area contributed by atoms with Crippen LogP contribution in [0.5, 0.6) is 0 Å². The van der Waals surface area contributed by atoms with E-state index in [1.165, 1.54) is 5.56 Å². The highest BCUT2D eigenvalue weighted by Gasteiger charge is 2.27. The molecule has 2 unspecified atom stereocenters. The summed E-state index contributed by atoms with van der Waals surface area (Å²) in [6, 6.07) is 6.58. The van der Waals surface area contributed by atoms with E-state index in [0.717, 1.165) is 29.7 Å². The first-order valence-electron chi connectivity index (χ1n) is 5.93. The Morgan fingerprint density at radius 3 is 2.82 bits per heavy atom. The molecule has 0 radical (unpaired) electrons. The molecule has 2 atom stereocenters. The zero-order chi connectivity index (χ0) is 12.4. The fourth-order valence-electron chi connectivity index (χ4n) is 2.47. The third-order valence-corrected chi connectivity index (χ3v) is 3.77. The van der Waals surface area contributed by atoms with Crippen LogP contribution in [-0.2, 0) is 11.3 Å². The van der Waals surface area contributed by atoms with Gasteiger partial charge in [-0.2, -0.15) is 0 Å². The standard InChI is InChI=1S/C13H19BrN2O/c1-9-13(3-4-17-9)16(2)8-10-5-11(14)7-12(15)6-10/h5-7,9,13H,3-4,8,15H2,1-2H3. The summed E-state index contributed by atoms with van der Waals surface area (Å²) in [6.45, 7) is 3.92. The van der Waals surface area contributed by atoms with Crippen molar-refractivity contribution in [3.05, 3.63) is 28.2 Å². The van der Waals surface area contributed by atoms with Crippen molar-refractivity contribution in [3.63, 3.8) is 0 Å². The van der Waals surface area contributed by atoms with Crippen molar-refractivity contribution in [1.29, 1.82) is 0 Å². The number of ether oxygens (including phenoxy) is 1. The fraction of sp³-hybridized carbons (Fsp3) is 0.538. The molecule has 2 N–H and O–H groups in total. The molecule has 0 saturated carbocycles. The number of rotatable bonds is 3. The summed E-state index contributed by atoms with van der Waals surface area (Å²) >= 11 is 3.48. The molecular formula is C13H19BrN2O. The van der Waals surface area contributed by atoms with Crippen LogP contribution in [0.4, 0.5) is 5.69 Å². The number of likely N-dealkylation sites (N-methyl/N-ethyl adjacent to an activating group) is 1. The minimum Gasteiger partial charge on any atom is -0.399 e. The summed E-state index contributed by atoms with van der Waals surface area (Å²) in [5.41, 5.74) is 7.88. The lowest BCUT2D eigenvalue weighted by Gasteiger charge is -2.26. The summed E-state index contributed by atoms with van der Waals surface area (Å²) < 4.78 is 6.63. The van der Waals surface area contributed by atoms with Gasteiger partial charge in [0.05, 0.1) is 6.10 Å². The van der Waals surface area contributed by atoms with Gasteiger partial charge in [-0.05, 0) is 44.2 Å². The number of anilines is 1. The molecule has 1 fully saturated rings. The van der Waals surface area contributed by atoms with Gasteiger partial charge in [0.15, 0.2) is 0 Å². The highest BCUT2D eigenvalue weighted by molar-refractivity contribution is 9.10. The first-order chi connectivity index (χ1) is 8.06. The second-order valence-electron chi connectivity index (χ2n) is 4.74. The quantitative estimate of drug-likeness (QED) is 0.872. The van der Waals surface area contributed by atoms with Crippen molar-refractivity contribution in [3.8, 4) is 0 Å². The molecule has 0 aromatic heterocycles. The number of benzene rings is 1. The van der Waals surface area contributed by atoms with Crippen molar-refractivity contribution in [1.82, 2.24) is 4.90 Å². The lowest BCUT2D eigenvalue weighted by Crippen LogP contribution is -2.36. The molecule has 0 aliphatic carbocycles. The smallest absolute Gasteiger partial charge is 0.0703 e. The Kier molecular flexibility index (Phi) is 4.07. The molecule has 2 rings (SSSR count). The van der Waals surface area contributed by atoms with Crippen LogP contribution in [0.2, 0.25) is 0 Å². The van der Waals surface area contributed by atoms with E-state index in [2.05, 4.69) is 40.9 Å². The summed E-state index contributed by atoms with van der Waals surface area (Å²) in [5, 5.41) is 0. The molecule has 0 amide bonds. The van der Waals surface area contributed by atoms with Crippen LogP contribution >= 0.6 is 15.9 Å². The molecular weight excluding hydrogens is 280 g/mol. The van der Waals surface area contributed by atoms with Crippen LogP contribution in [0.15, 0.2) is 22.7 Å². The first-order valence-corrected chi connectivity index (χ1v) is 6.72. The Balaban J connectivity index is 2.04. The monoisotopic (exact) mass is 298 g/mol. The Morgan fingerprint density at radius 1 is 1.47 bits per heavy atom. The average Bonchev–Trinajstić information content (AvgIpc) is 2.62. The zero-order valence-corrected chi connectivity index (χ0v) is 11.9. The lowest BCUT2D eigenvalue weighted by molar-refractivity contribution is 0.0814. The normalized spacial score (nSPS) is 24.5. The summed E-state index contributed by atoms with van der Waals surface area (Å²) in [7, 11) is 2.15. The maximum Gasteiger partial charge on any atom is 0.0703 e. The molecule has 94 valence electrons. The SMILES string of the molecule is CC1OCCC1N(C)Cc1cc(N)cc(Br)c1. The van der Waals surface area contributed by atoms with Crippen LogP contribution in [0.25, 0.3) is 0 Å². The van der Waals surface area contributed by atoms with E-state index in [9.17, 15) is 0 Å². The minimum atomic E-state index is 0.324. The Morgan fingerprint density at radius 2 is 2.24 bits per heavy atom. The maximum absolute atomic E-state index is 5.84. The maximum atomic E-state index is 5.84. The predicted octanol–water partition coefficient (Wildman–Crippen LogP) is 2.64. The summed E-state index contributed by atoms with van der Waals surface area (Å²) in [6.07, 6.45) is 1.44. The van der Waals surface area contributed by atoms with Gasteiger partial charge in [-0.15, -0.1) is 0 Å². The lowest BCUT2D eigenvalue weighted by atomic mass is 10.1.